The monoisotopic (exact) mass is 324 g/mol. The Morgan fingerprint density at radius 1 is 1.29 bits per heavy atom. The van der Waals surface area contributed by atoms with Gasteiger partial charge in [-0.2, -0.15) is 5.10 Å². The molecular weight excluding hydrogens is 300 g/mol. The lowest BCUT2D eigenvalue weighted by Crippen LogP contribution is -2.67. The average Bonchev–Trinajstić information content (AvgIpc) is 2.99. The summed E-state index contributed by atoms with van der Waals surface area (Å²) in [6.07, 6.45) is 8.93. The number of amides is 1. The highest BCUT2D eigenvalue weighted by atomic mass is 16.1. The second-order valence-electron chi connectivity index (χ2n) is 7.13. The lowest BCUT2D eigenvalue weighted by atomic mass is 9.68. The zero-order valence-electron chi connectivity index (χ0n) is 14.1. The largest absolute Gasteiger partial charge is 0.349 e. The fraction of sp³-hybridized carbons (Fsp3) is 0.474. The first-order valence-corrected chi connectivity index (χ1v) is 8.77. The van der Waals surface area contributed by atoms with Gasteiger partial charge in [-0.25, -0.2) is 0 Å². The van der Waals surface area contributed by atoms with Crippen molar-refractivity contribution in [3.63, 3.8) is 0 Å². The summed E-state index contributed by atoms with van der Waals surface area (Å²) in [6.45, 7) is 0.843. The Labute approximate surface area is 142 Å². The molecule has 2 fully saturated rings. The molecule has 1 aliphatic carbocycles. The minimum absolute atomic E-state index is 0.0188. The summed E-state index contributed by atoms with van der Waals surface area (Å²) in [4.78, 5) is 11.7. The van der Waals surface area contributed by atoms with Crippen molar-refractivity contribution in [1.82, 2.24) is 20.4 Å². The smallest absolute Gasteiger partial charge is 0.220 e. The van der Waals surface area contributed by atoms with Crippen molar-refractivity contribution in [2.45, 2.75) is 50.2 Å². The van der Waals surface area contributed by atoms with E-state index in [1.807, 2.05) is 24.1 Å². The van der Waals surface area contributed by atoms with Crippen molar-refractivity contribution in [1.29, 1.82) is 0 Å². The van der Waals surface area contributed by atoms with Crippen molar-refractivity contribution in [3.8, 4) is 11.1 Å². The molecule has 1 unspecified atom stereocenters. The Morgan fingerprint density at radius 2 is 2.08 bits per heavy atom. The SMILES string of the molecule is Cn1cc(-c2ccc(CNC3CCC(=O)NC34CCC4)cc2)cn1. The maximum Gasteiger partial charge on any atom is 0.220 e. The zero-order valence-corrected chi connectivity index (χ0v) is 14.1. The van der Waals surface area contributed by atoms with Gasteiger partial charge in [0.25, 0.3) is 0 Å². The van der Waals surface area contributed by atoms with Gasteiger partial charge < -0.3 is 10.6 Å². The summed E-state index contributed by atoms with van der Waals surface area (Å²) in [7, 11) is 1.93. The van der Waals surface area contributed by atoms with E-state index in [1.54, 1.807) is 0 Å². The number of nitrogens with zero attached hydrogens (tertiary/aromatic N) is 2. The number of nitrogens with one attached hydrogen (secondary N) is 2. The van der Waals surface area contributed by atoms with E-state index in [1.165, 1.54) is 17.5 Å². The number of hydrogen-bond acceptors (Lipinski definition) is 3. The van der Waals surface area contributed by atoms with Crippen molar-refractivity contribution in [3.05, 3.63) is 42.2 Å². The van der Waals surface area contributed by atoms with Crippen molar-refractivity contribution < 1.29 is 4.79 Å². The van der Waals surface area contributed by atoms with Gasteiger partial charge in [-0.1, -0.05) is 24.3 Å². The van der Waals surface area contributed by atoms with Gasteiger partial charge in [0.1, 0.15) is 0 Å². The van der Waals surface area contributed by atoms with Crippen LogP contribution in [-0.4, -0.2) is 27.3 Å². The van der Waals surface area contributed by atoms with Crippen LogP contribution < -0.4 is 10.6 Å². The van der Waals surface area contributed by atoms with Gasteiger partial charge >= 0.3 is 0 Å². The average molecular weight is 324 g/mol. The Morgan fingerprint density at radius 3 is 2.71 bits per heavy atom. The molecule has 4 rings (SSSR count). The predicted molar refractivity (Wildman–Crippen MR) is 93.2 cm³/mol. The highest BCUT2D eigenvalue weighted by molar-refractivity contribution is 5.78. The fourth-order valence-corrected chi connectivity index (χ4v) is 3.93. The lowest BCUT2D eigenvalue weighted by Gasteiger charge is -2.51. The van der Waals surface area contributed by atoms with E-state index in [-0.39, 0.29) is 11.4 Å². The highest BCUT2D eigenvalue weighted by Crippen LogP contribution is 2.39. The van der Waals surface area contributed by atoms with E-state index in [2.05, 4.69) is 40.0 Å². The summed E-state index contributed by atoms with van der Waals surface area (Å²) in [6, 6.07) is 9.03. The van der Waals surface area contributed by atoms with Crippen LogP contribution >= 0.6 is 0 Å². The number of rotatable bonds is 4. The molecule has 0 bridgehead atoms. The van der Waals surface area contributed by atoms with E-state index in [0.717, 1.165) is 31.4 Å². The molecule has 2 aromatic rings. The molecule has 1 aliphatic heterocycles. The van der Waals surface area contributed by atoms with Crippen LogP contribution in [0.15, 0.2) is 36.7 Å². The summed E-state index contributed by atoms with van der Waals surface area (Å²) in [5.74, 6) is 0.216. The van der Waals surface area contributed by atoms with Gasteiger partial charge in [-0.15, -0.1) is 0 Å². The van der Waals surface area contributed by atoms with Crippen molar-refractivity contribution in [2.75, 3.05) is 0 Å². The summed E-state index contributed by atoms with van der Waals surface area (Å²) in [5.41, 5.74) is 3.62. The van der Waals surface area contributed by atoms with Crippen LogP contribution in [0.3, 0.4) is 0 Å². The maximum absolute atomic E-state index is 11.7. The summed E-state index contributed by atoms with van der Waals surface area (Å²) >= 11 is 0. The van der Waals surface area contributed by atoms with E-state index in [0.29, 0.717) is 12.5 Å². The third-order valence-electron chi connectivity index (χ3n) is 5.51. The molecule has 126 valence electrons. The Balaban J connectivity index is 1.40. The van der Waals surface area contributed by atoms with Crippen LogP contribution in [0, 0.1) is 0 Å². The molecule has 1 atom stereocenters. The van der Waals surface area contributed by atoms with Crippen LogP contribution in [-0.2, 0) is 18.4 Å². The number of benzene rings is 1. The number of piperidine rings is 1. The molecule has 1 saturated heterocycles. The van der Waals surface area contributed by atoms with Crippen LogP contribution in [0.2, 0.25) is 0 Å². The molecule has 1 aromatic carbocycles. The summed E-state index contributed by atoms with van der Waals surface area (Å²) in [5, 5.41) is 11.1. The first-order chi connectivity index (χ1) is 11.6. The van der Waals surface area contributed by atoms with Crippen LogP contribution in [0.5, 0.6) is 0 Å². The zero-order chi connectivity index (χ0) is 16.6. The molecule has 5 nitrogen and oxygen atoms in total. The van der Waals surface area contributed by atoms with E-state index >= 15 is 0 Å². The Hall–Kier alpha value is -2.14. The molecule has 2 aliphatic rings. The van der Waals surface area contributed by atoms with E-state index in [9.17, 15) is 4.79 Å². The van der Waals surface area contributed by atoms with Crippen LogP contribution in [0.25, 0.3) is 11.1 Å². The maximum atomic E-state index is 11.7. The normalized spacial score (nSPS) is 22.2. The topological polar surface area (TPSA) is 59.0 Å². The third-order valence-corrected chi connectivity index (χ3v) is 5.51. The summed E-state index contributed by atoms with van der Waals surface area (Å²) < 4.78 is 1.82. The third kappa shape index (κ3) is 2.84. The molecule has 2 N–H and O–H groups in total. The molecule has 1 saturated carbocycles. The van der Waals surface area contributed by atoms with E-state index in [4.69, 9.17) is 0 Å². The van der Waals surface area contributed by atoms with Crippen molar-refractivity contribution in [2.24, 2.45) is 7.05 Å². The fourth-order valence-electron chi connectivity index (χ4n) is 3.93. The Bertz CT molecular complexity index is 730. The van der Waals surface area contributed by atoms with Crippen molar-refractivity contribution >= 4 is 5.91 Å². The number of carbonyl (C=O) groups excluding carboxylic acids is 1. The molecule has 2 heterocycles. The standard InChI is InChI=1S/C19H24N4O/c1-23-13-16(12-21-23)15-5-3-14(4-6-15)11-20-17-7-8-18(24)22-19(17)9-2-10-19/h3-6,12-13,17,20H,2,7-11H2,1H3,(H,22,24). The Kier molecular flexibility index (Phi) is 3.88. The van der Waals surface area contributed by atoms with Gasteiger partial charge in [0, 0.05) is 37.8 Å². The van der Waals surface area contributed by atoms with Gasteiger partial charge in [0.05, 0.1) is 11.7 Å². The first kappa shape index (κ1) is 15.4. The predicted octanol–water partition coefficient (Wildman–Crippen LogP) is 2.38. The minimum atomic E-state index is 0.0188. The first-order valence-electron chi connectivity index (χ1n) is 8.77. The van der Waals surface area contributed by atoms with Gasteiger partial charge in [0.2, 0.25) is 5.91 Å². The molecule has 1 aromatic heterocycles. The number of aryl methyl sites for hydroxylation is 1. The van der Waals surface area contributed by atoms with Crippen LogP contribution in [0.4, 0.5) is 0 Å². The van der Waals surface area contributed by atoms with Gasteiger partial charge in [-0.3, -0.25) is 9.48 Å². The second-order valence-corrected chi connectivity index (χ2v) is 7.13. The molecular formula is C19H24N4O. The molecule has 1 spiro atoms. The number of hydrogen-bond donors (Lipinski definition) is 2. The molecule has 24 heavy (non-hydrogen) atoms. The van der Waals surface area contributed by atoms with Gasteiger partial charge in [0.15, 0.2) is 0 Å². The van der Waals surface area contributed by atoms with E-state index < -0.39 is 0 Å². The van der Waals surface area contributed by atoms with Gasteiger partial charge in [-0.05, 0) is 36.8 Å². The van der Waals surface area contributed by atoms with Crippen LogP contribution in [0.1, 0.15) is 37.7 Å². The quantitative estimate of drug-likeness (QED) is 0.908. The molecule has 1 amide bonds. The second kappa shape index (κ2) is 6.06. The number of aromatic nitrogens is 2. The minimum Gasteiger partial charge on any atom is -0.349 e. The highest BCUT2D eigenvalue weighted by Gasteiger charge is 2.47. The molecule has 5 heteroatoms. The lowest BCUT2D eigenvalue weighted by molar-refractivity contribution is -0.128. The molecule has 0 radical (unpaired) electrons. The number of carbonyl (C=O) groups is 1.